The minimum atomic E-state index is -3.95. The minimum Gasteiger partial charge on any atom is -0.436 e. The van der Waals surface area contributed by atoms with Gasteiger partial charge in [-0.25, -0.2) is 0 Å². The second-order valence-electron chi connectivity index (χ2n) is 7.78. The number of hydrogen-bond donors (Lipinski definition) is 2. The molecule has 0 unspecified atom stereocenters. The van der Waals surface area contributed by atoms with Gasteiger partial charge >= 0.3 is 0 Å². The molecule has 4 aromatic rings. The number of carbonyl (C=O) groups is 1. The first-order valence-electron chi connectivity index (χ1n) is 10.3. The fourth-order valence-corrected chi connectivity index (χ4v) is 4.01. The van der Waals surface area contributed by atoms with E-state index in [9.17, 15) is 13.2 Å². The third-order valence-corrected chi connectivity index (χ3v) is 6.49. The third kappa shape index (κ3) is 4.96. The van der Waals surface area contributed by atoms with Crippen molar-refractivity contribution in [3.8, 4) is 0 Å². The molecule has 0 aliphatic rings. The number of carbonyl (C=O) groups excluding carboxylic acids is 1. The summed E-state index contributed by atoms with van der Waals surface area (Å²) in [5, 5.41) is 7.47. The van der Waals surface area contributed by atoms with E-state index in [0.29, 0.717) is 16.7 Å². The van der Waals surface area contributed by atoms with Crippen molar-refractivity contribution in [2.45, 2.75) is 25.7 Å². The number of aryl methyl sites for hydroxylation is 3. The number of sulfonamides is 1. The van der Waals surface area contributed by atoms with Crippen molar-refractivity contribution >= 4 is 32.6 Å². The van der Waals surface area contributed by atoms with Gasteiger partial charge in [0, 0.05) is 11.1 Å². The van der Waals surface area contributed by atoms with Crippen molar-refractivity contribution in [2.75, 3.05) is 5.32 Å². The van der Waals surface area contributed by atoms with E-state index in [-0.39, 0.29) is 16.0 Å². The summed E-state index contributed by atoms with van der Waals surface area (Å²) < 4.78 is 31.1. The number of rotatable bonds is 5. The van der Waals surface area contributed by atoms with E-state index in [1.165, 1.54) is 12.1 Å². The first-order chi connectivity index (χ1) is 15.7. The second kappa shape index (κ2) is 8.91. The van der Waals surface area contributed by atoms with Crippen LogP contribution in [0.1, 0.15) is 27.0 Å². The van der Waals surface area contributed by atoms with E-state index in [1.54, 1.807) is 42.5 Å². The van der Waals surface area contributed by atoms with Gasteiger partial charge in [-0.3, -0.25) is 4.79 Å². The van der Waals surface area contributed by atoms with Gasteiger partial charge in [-0.05, 0) is 68.3 Å². The van der Waals surface area contributed by atoms with Crippen LogP contribution in [0.3, 0.4) is 0 Å². The van der Waals surface area contributed by atoms with E-state index >= 15 is 0 Å². The molecule has 0 saturated heterocycles. The lowest BCUT2D eigenvalue weighted by Gasteiger charge is -2.09. The molecule has 0 fully saturated rings. The van der Waals surface area contributed by atoms with E-state index < -0.39 is 15.9 Å². The van der Waals surface area contributed by atoms with Crippen LogP contribution in [0.5, 0.6) is 0 Å². The second-order valence-corrected chi connectivity index (χ2v) is 9.44. The number of benzene rings is 3. The Labute approximate surface area is 191 Å². The molecule has 0 aliphatic heterocycles. The Morgan fingerprint density at radius 1 is 0.879 bits per heavy atom. The summed E-state index contributed by atoms with van der Waals surface area (Å²) >= 11 is 0. The fourth-order valence-electron chi connectivity index (χ4n) is 3.20. The van der Waals surface area contributed by atoms with E-state index in [4.69, 9.17) is 4.42 Å². The molecule has 168 valence electrons. The maximum atomic E-state index is 13.1. The number of anilines is 1. The predicted octanol–water partition coefficient (Wildman–Crippen LogP) is 4.40. The van der Waals surface area contributed by atoms with Crippen LogP contribution < -0.4 is 15.7 Å². The first-order valence-corrected chi connectivity index (χ1v) is 11.7. The van der Waals surface area contributed by atoms with E-state index in [1.807, 2.05) is 39.0 Å². The van der Waals surface area contributed by atoms with Gasteiger partial charge in [0.25, 0.3) is 15.9 Å². The van der Waals surface area contributed by atoms with Gasteiger partial charge in [0.2, 0.25) is 5.55 Å². The molecule has 4 rings (SSSR count). The molecule has 1 amide bonds. The molecule has 1 heterocycles. The summed E-state index contributed by atoms with van der Waals surface area (Å²) in [6.07, 6.45) is 0. The number of para-hydroxylation sites is 1. The maximum Gasteiger partial charge on any atom is 0.276 e. The summed E-state index contributed by atoms with van der Waals surface area (Å²) in [6.45, 7) is 5.81. The first kappa shape index (κ1) is 22.3. The number of hydrogen-bond acceptors (Lipinski definition) is 5. The van der Waals surface area contributed by atoms with Gasteiger partial charge in [-0.2, -0.15) is 13.2 Å². The molecule has 0 saturated carbocycles. The van der Waals surface area contributed by atoms with Gasteiger partial charge in [0.1, 0.15) is 11.1 Å². The largest absolute Gasteiger partial charge is 0.436 e. The molecule has 8 heteroatoms. The molecule has 7 nitrogen and oxygen atoms in total. The zero-order valence-electron chi connectivity index (χ0n) is 18.4. The Balaban J connectivity index is 1.74. The molecule has 2 N–H and O–H groups in total. The molecule has 3 aromatic carbocycles. The van der Waals surface area contributed by atoms with Crippen molar-refractivity contribution in [1.82, 2.24) is 4.83 Å². The Morgan fingerprint density at radius 2 is 1.61 bits per heavy atom. The van der Waals surface area contributed by atoms with Crippen LogP contribution in [-0.4, -0.2) is 14.3 Å². The average Bonchev–Trinajstić information content (AvgIpc) is 2.80. The van der Waals surface area contributed by atoms with Crippen LogP contribution in [0.4, 0.5) is 5.69 Å². The van der Waals surface area contributed by atoms with Crippen molar-refractivity contribution < 1.29 is 17.6 Å². The Bertz CT molecular complexity index is 1520. The summed E-state index contributed by atoms with van der Waals surface area (Å²) in [5.41, 5.74) is 4.10. The van der Waals surface area contributed by atoms with Gasteiger partial charge in [-0.15, -0.1) is 5.10 Å². The molecular weight excluding hydrogens is 438 g/mol. The highest BCUT2D eigenvalue weighted by molar-refractivity contribution is 7.89. The van der Waals surface area contributed by atoms with E-state index in [0.717, 1.165) is 16.7 Å². The molecule has 1 aromatic heterocycles. The van der Waals surface area contributed by atoms with Crippen molar-refractivity contribution in [1.29, 1.82) is 0 Å². The van der Waals surface area contributed by atoms with Crippen LogP contribution in [0, 0.1) is 20.8 Å². The van der Waals surface area contributed by atoms with Crippen LogP contribution in [0.15, 0.2) is 87.2 Å². The minimum absolute atomic E-state index is 0.0544. The standard InChI is InChI=1S/C25H23N3O4S/c1-16-8-12-21(13-9-16)33(30,31)28-27-25-22(15-19-6-4-5-7-23(19)32-25)24(29)26-20-11-10-17(2)18(3)14-20/h4-15,28H,1-3H3,(H,26,29)/b27-25+. The molecule has 0 atom stereocenters. The lowest BCUT2D eigenvalue weighted by Crippen LogP contribution is -2.27. The zero-order chi connectivity index (χ0) is 23.6. The van der Waals surface area contributed by atoms with Gasteiger partial charge in [0.05, 0.1) is 4.90 Å². The summed E-state index contributed by atoms with van der Waals surface area (Å²) in [6, 6.07) is 20.7. The third-order valence-electron chi connectivity index (χ3n) is 5.26. The molecular formula is C25H23N3O4S. The van der Waals surface area contributed by atoms with Crippen molar-refractivity contribution in [3.05, 3.63) is 101 Å². The summed E-state index contributed by atoms with van der Waals surface area (Å²) in [5.74, 6) is -0.471. The summed E-state index contributed by atoms with van der Waals surface area (Å²) in [7, 11) is -3.95. The van der Waals surface area contributed by atoms with Crippen LogP contribution in [0.2, 0.25) is 0 Å². The van der Waals surface area contributed by atoms with Crippen molar-refractivity contribution in [3.63, 3.8) is 0 Å². The number of fused-ring (bicyclic) bond motifs is 1. The van der Waals surface area contributed by atoms with Gasteiger partial charge < -0.3 is 9.73 Å². The number of nitrogens with zero attached hydrogens (tertiary/aromatic N) is 1. The Hall–Kier alpha value is -3.91. The average molecular weight is 462 g/mol. The lowest BCUT2D eigenvalue weighted by atomic mass is 10.1. The molecule has 0 radical (unpaired) electrons. The Morgan fingerprint density at radius 3 is 2.33 bits per heavy atom. The molecule has 33 heavy (non-hydrogen) atoms. The lowest BCUT2D eigenvalue weighted by molar-refractivity contribution is 0.102. The van der Waals surface area contributed by atoms with Crippen LogP contribution >= 0.6 is 0 Å². The summed E-state index contributed by atoms with van der Waals surface area (Å²) in [4.78, 5) is 15.3. The van der Waals surface area contributed by atoms with Crippen LogP contribution in [-0.2, 0) is 10.0 Å². The van der Waals surface area contributed by atoms with Crippen LogP contribution in [0.25, 0.3) is 11.0 Å². The highest BCUT2D eigenvalue weighted by atomic mass is 32.2. The highest BCUT2D eigenvalue weighted by Gasteiger charge is 2.16. The van der Waals surface area contributed by atoms with Crippen molar-refractivity contribution in [2.24, 2.45) is 5.10 Å². The van der Waals surface area contributed by atoms with E-state index in [2.05, 4.69) is 15.2 Å². The van der Waals surface area contributed by atoms with Gasteiger partial charge in [0.15, 0.2) is 0 Å². The molecule has 0 aliphatic carbocycles. The number of nitrogens with one attached hydrogen (secondary N) is 2. The Kier molecular flexibility index (Phi) is 6.02. The zero-order valence-corrected chi connectivity index (χ0v) is 19.2. The normalized spacial score (nSPS) is 12.0. The number of amides is 1. The van der Waals surface area contributed by atoms with Gasteiger partial charge in [-0.1, -0.05) is 42.0 Å². The SMILES string of the molecule is Cc1ccc(S(=O)(=O)N/N=c2/oc3ccccc3cc2C(=O)Nc2ccc(C)c(C)c2)cc1. The highest BCUT2D eigenvalue weighted by Crippen LogP contribution is 2.17. The quantitative estimate of drug-likeness (QED) is 0.430. The predicted molar refractivity (Wildman–Crippen MR) is 127 cm³/mol. The monoisotopic (exact) mass is 461 g/mol. The fraction of sp³-hybridized carbons (Fsp3) is 0.120. The maximum absolute atomic E-state index is 13.1. The topological polar surface area (TPSA) is 101 Å². The molecule has 0 spiro atoms. The smallest absolute Gasteiger partial charge is 0.276 e. The molecule has 0 bridgehead atoms.